The van der Waals surface area contributed by atoms with Crippen LogP contribution in [0.2, 0.25) is 5.02 Å². The molecule has 0 aliphatic rings. The highest BCUT2D eigenvalue weighted by Crippen LogP contribution is 2.39. The molecule has 3 aromatic carbocycles. The summed E-state index contributed by atoms with van der Waals surface area (Å²) in [6, 6.07) is 14.3. The van der Waals surface area contributed by atoms with Crippen LogP contribution in [0.5, 0.6) is 28.7 Å². The molecule has 0 amide bonds. The Kier molecular flexibility index (Phi) is 9.25. The van der Waals surface area contributed by atoms with Crippen LogP contribution in [0, 0.1) is 0 Å². The molecule has 3 aromatic rings. The number of ether oxygens (including phenoxy) is 5. The first-order valence-corrected chi connectivity index (χ1v) is 11.3. The van der Waals surface area contributed by atoms with E-state index in [0.717, 1.165) is 11.1 Å². The highest BCUT2D eigenvalue weighted by Gasteiger charge is 2.13. The van der Waals surface area contributed by atoms with Gasteiger partial charge >= 0.3 is 0 Å². The van der Waals surface area contributed by atoms with Crippen molar-refractivity contribution in [1.82, 2.24) is 0 Å². The fourth-order valence-corrected chi connectivity index (χ4v) is 3.80. The monoisotopic (exact) mass is 509 g/mol. The molecule has 0 atom stereocenters. The Morgan fingerprint density at radius 1 is 0.778 bits per heavy atom. The van der Waals surface area contributed by atoms with Gasteiger partial charge in [-0.05, 0) is 47.5 Å². The van der Waals surface area contributed by atoms with Crippen LogP contribution >= 0.6 is 11.6 Å². The second-order valence-corrected chi connectivity index (χ2v) is 7.86. The van der Waals surface area contributed by atoms with Gasteiger partial charge in [0.05, 0.1) is 46.3 Å². The van der Waals surface area contributed by atoms with E-state index >= 15 is 0 Å². The number of benzene rings is 3. The van der Waals surface area contributed by atoms with E-state index in [1.54, 1.807) is 65.0 Å². The van der Waals surface area contributed by atoms with Crippen LogP contribution in [-0.2, 0) is 0 Å². The molecule has 0 heterocycles. The maximum absolute atomic E-state index is 12.5. The van der Waals surface area contributed by atoms with E-state index in [0.29, 0.717) is 45.0 Å². The van der Waals surface area contributed by atoms with Gasteiger partial charge in [0.1, 0.15) is 5.75 Å². The summed E-state index contributed by atoms with van der Waals surface area (Å²) in [5.74, 6) is 2.52. The Bertz CT molecular complexity index is 1260. The van der Waals surface area contributed by atoms with Crippen LogP contribution in [0.25, 0.3) is 12.2 Å². The van der Waals surface area contributed by atoms with Crippen LogP contribution < -0.4 is 29.0 Å². The number of anilines is 1. The number of allylic oxidation sites excluding steroid dienone is 1. The molecule has 188 valence electrons. The van der Waals surface area contributed by atoms with Gasteiger partial charge in [0, 0.05) is 17.8 Å². The zero-order valence-corrected chi connectivity index (χ0v) is 21.5. The molecule has 0 radical (unpaired) electrons. The third-order valence-corrected chi connectivity index (χ3v) is 5.53. The molecule has 36 heavy (non-hydrogen) atoms. The predicted octanol–water partition coefficient (Wildman–Crippen LogP) is 6.36. The summed E-state index contributed by atoms with van der Waals surface area (Å²) in [7, 11) is 7.78. The van der Waals surface area contributed by atoms with Gasteiger partial charge in [0.15, 0.2) is 23.0 Å². The largest absolute Gasteiger partial charge is 0.497 e. The molecule has 0 saturated carbocycles. The van der Waals surface area contributed by atoms with Gasteiger partial charge in [-0.2, -0.15) is 0 Å². The summed E-state index contributed by atoms with van der Waals surface area (Å²) in [6.45, 7) is 0. The smallest absolute Gasteiger partial charge is 0.203 e. The van der Waals surface area contributed by atoms with E-state index in [1.807, 2.05) is 30.4 Å². The Morgan fingerprint density at radius 3 is 2.00 bits per heavy atom. The minimum absolute atomic E-state index is 0.176. The molecule has 8 heteroatoms. The van der Waals surface area contributed by atoms with E-state index in [2.05, 4.69) is 5.32 Å². The Morgan fingerprint density at radius 2 is 1.42 bits per heavy atom. The number of methoxy groups -OCH3 is 5. The lowest BCUT2D eigenvalue weighted by molar-refractivity contribution is 0.104. The Hall–Kier alpha value is -4.10. The van der Waals surface area contributed by atoms with Crippen LogP contribution in [0.1, 0.15) is 21.5 Å². The lowest BCUT2D eigenvalue weighted by Crippen LogP contribution is -1.99. The van der Waals surface area contributed by atoms with Gasteiger partial charge in [-0.1, -0.05) is 35.9 Å². The number of hydrogen-bond donors (Lipinski definition) is 1. The lowest BCUT2D eigenvalue weighted by atomic mass is 10.1. The maximum atomic E-state index is 12.5. The van der Waals surface area contributed by atoms with E-state index in [4.69, 9.17) is 35.3 Å². The topological polar surface area (TPSA) is 75.3 Å². The number of hydrogen-bond acceptors (Lipinski definition) is 7. The standard InChI is InChI=1S/C28H28ClNO6/c1-32-21-8-6-7-20(17-21)24(31)11-12-30-23-14-18(13-22(29)27(23)35-4)9-10-19-15-25(33-2)28(36-5)26(16-19)34-3/h6-17,30H,1-5H3. The van der Waals surface area contributed by atoms with E-state index < -0.39 is 0 Å². The molecular weight excluding hydrogens is 482 g/mol. The molecule has 0 spiro atoms. The fraction of sp³-hybridized carbons (Fsp3) is 0.179. The summed E-state index contributed by atoms with van der Waals surface area (Å²) in [5.41, 5.74) is 2.77. The van der Waals surface area contributed by atoms with E-state index in [1.165, 1.54) is 13.2 Å². The normalized spacial score (nSPS) is 10.9. The molecule has 0 fully saturated rings. The first kappa shape index (κ1) is 26.5. The van der Waals surface area contributed by atoms with Crippen molar-refractivity contribution in [2.45, 2.75) is 0 Å². The highest BCUT2D eigenvalue weighted by atomic mass is 35.5. The van der Waals surface area contributed by atoms with Crippen molar-refractivity contribution >= 4 is 35.2 Å². The number of carbonyl (C=O) groups is 1. The molecule has 7 nitrogen and oxygen atoms in total. The fourth-order valence-electron chi connectivity index (χ4n) is 3.50. The number of nitrogens with one attached hydrogen (secondary N) is 1. The van der Waals surface area contributed by atoms with Gasteiger partial charge in [0.25, 0.3) is 0 Å². The number of halogens is 1. The molecule has 0 aliphatic carbocycles. The first-order chi connectivity index (χ1) is 17.4. The molecule has 0 aliphatic heterocycles. The van der Waals surface area contributed by atoms with Crippen molar-refractivity contribution in [3.63, 3.8) is 0 Å². The summed E-state index contributed by atoms with van der Waals surface area (Å²) in [6.07, 6.45) is 6.76. The molecular formula is C28H28ClNO6. The SMILES string of the molecule is COc1cccc(C(=O)C=CNc2cc(C=Cc3cc(OC)c(OC)c(OC)c3)cc(Cl)c2OC)c1. The van der Waals surface area contributed by atoms with Crippen molar-refractivity contribution in [2.75, 3.05) is 40.9 Å². The van der Waals surface area contributed by atoms with Crippen LogP contribution in [0.3, 0.4) is 0 Å². The summed E-state index contributed by atoms with van der Waals surface area (Å²) in [5, 5.41) is 3.51. The molecule has 1 N–H and O–H groups in total. The number of ketones is 1. The lowest BCUT2D eigenvalue weighted by Gasteiger charge is -2.13. The van der Waals surface area contributed by atoms with Crippen LogP contribution in [0.15, 0.2) is 60.8 Å². The summed E-state index contributed by atoms with van der Waals surface area (Å²) in [4.78, 5) is 12.5. The second kappa shape index (κ2) is 12.6. The van der Waals surface area contributed by atoms with Crippen molar-refractivity contribution in [1.29, 1.82) is 0 Å². The highest BCUT2D eigenvalue weighted by molar-refractivity contribution is 6.32. The molecule has 0 aromatic heterocycles. The average Bonchev–Trinajstić information content (AvgIpc) is 2.90. The molecule has 0 unspecified atom stereocenters. The Labute approximate surface area is 215 Å². The predicted molar refractivity (Wildman–Crippen MR) is 143 cm³/mol. The summed E-state index contributed by atoms with van der Waals surface area (Å²) < 4.78 is 26.8. The molecule has 0 saturated heterocycles. The van der Waals surface area contributed by atoms with Gasteiger partial charge < -0.3 is 29.0 Å². The number of rotatable bonds is 11. The van der Waals surface area contributed by atoms with E-state index in [-0.39, 0.29) is 5.78 Å². The van der Waals surface area contributed by atoms with Crippen LogP contribution in [-0.4, -0.2) is 41.3 Å². The van der Waals surface area contributed by atoms with Crippen LogP contribution in [0.4, 0.5) is 5.69 Å². The quantitative estimate of drug-likeness (QED) is 0.183. The summed E-state index contributed by atoms with van der Waals surface area (Å²) >= 11 is 6.46. The number of carbonyl (C=O) groups excluding carboxylic acids is 1. The Balaban J connectivity index is 1.85. The molecule has 0 bridgehead atoms. The van der Waals surface area contributed by atoms with Gasteiger partial charge in [0.2, 0.25) is 5.75 Å². The second-order valence-electron chi connectivity index (χ2n) is 7.45. The van der Waals surface area contributed by atoms with Gasteiger partial charge in [-0.3, -0.25) is 4.79 Å². The van der Waals surface area contributed by atoms with Gasteiger partial charge in [-0.15, -0.1) is 0 Å². The third-order valence-electron chi connectivity index (χ3n) is 5.25. The minimum atomic E-state index is -0.176. The minimum Gasteiger partial charge on any atom is -0.497 e. The van der Waals surface area contributed by atoms with Crippen molar-refractivity contribution in [3.8, 4) is 28.7 Å². The van der Waals surface area contributed by atoms with Gasteiger partial charge in [-0.25, -0.2) is 0 Å². The third kappa shape index (κ3) is 6.31. The zero-order valence-electron chi connectivity index (χ0n) is 20.8. The molecule has 3 rings (SSSR count). The van der Waals surface area contributed by atoms with Crippen molar-refractivity contribution in [3.05, 3.63) is 82.5 Å². The van der Waals surface area contributed by atoms with Crippen molar-refractivity contribution in [2.24, 2.45) is 0 Å². The van der Waals surface area contributed by atoms with E-state index in [9.17, 15) is 4.79 Å². The average molecular weight is 510 g/mol. The first-order valence-electron chi connectivity index (χ1n) is 10.9. The zero-order chi connectivity index (χ0) is 26.1. The maximum Gasteiger partial charge on any atom is 0.203 e. The van der Waals surface area contributed by atoms with Crippen molar-refractivity contribution < 1.29 is 28.5 Å².